The van der Waals surface area contributed by atoms with Crippen LogP contribution in [0.3, 0.4) is 0 Å². The van der Waals surface area contributed by atoms with Gasteiger partial charge in [-0.15, -0.1) is 0 Å². The number of rotatable bonds is 1. The summed E-state index contributed by atoms with van der Waals surface area (Å²) in [5.41, 5.74) is 10.9. The normalized spacial score (nSPS) is 10.6. The molecule has 0 spiro atoms. The summed E-state index contributed by atoms with van der Waals surface area (Å²) in [7, 11) is 1.95. The molecule has 5 heteroatoms. The molecule has 19 heavy (non-hydrogen) atoms. The van der Waals surface area contributed by atoms with Crippen molar-refractivity contribution < 1.29 is 0 Å². The Morgan fingerprint density at radius 1 is 1.11 bits per heavy atom. The third-order valence-electron chi connectivity index (χ3n) is 3.31. The third kappa shape index (κ3) is 1.64. The molecular weight excluding hydrogens is 238 g/mol. The largest absolute Gasteiger partial charge is 0.344 e. The van der Waals surface area contributed by atoms with Gasteiger partial charge in [-0.3, -0.25) is 5.41 Å². The highest BCUT2D eigenvalue weighted by Crippen LogP contribution is 2.22. The lowest BCUT2D eigenvalue weighted by Crippen LogP contribution is -2.08. The number of para-hydroxylation sites is 1. The third-order valence-corrected chi connectivity index (χ3v) is 3.31. The second-order valence-electron chi connectivity index (χ2n) is 4.34. The van der Waals surface area contributed by atoms with Crippen LogP contribution >= 0.6 is 0 Å². The van der Waals surface area contributed by atoms with Crippen LogP contribution in [-0.4, -0.2) is 4.57 Å². The number of hydrogen-bond acceptors (Lipinski definition) is 2. The summed E-state index contributed by atoms with van der Waals surface area (Å²) in [6.45, 7) is 0. The van der Waals surface area contributed by atoms with Crippen LogP contribution in [0.5, 0.6) is 0 Å². The van der Waals surface area contributed by atoms with Crippen LogP contribution in [0.25, 0.3) is 32.2 Å². The predicted molar refractivity (Wildman–Crippen MR) is 75.1 cm³/mol. The smallest absolute Gasteiger partial charge is 0.0726 e. The lowest BCUT2D eigenvalue weighted by atomic mass is 10.1. The minimum absolute atomic E-state index is 0.496. The first-order valence-electron chi connectivity index (χ1n) is 5.83. The fraction of sp³-hybridized carbons (Fsp3) is 0.0714. The van der Waals surface area contributed by atoms with Gasteiger partial charge in [-0.2, -0.15) is 0 Å². The molecule has 0 aliphatic carbocycles. The van der Waals surface area contributed by atoms with E-state index in [-0.39, 0.29) is 0 Å². The van der Waals surface area contributed by atoms with E-state index in [0.29, 0.717) is 11.0 Å². The minimum Gasteiger partial charge on any atom is -0.344 e. The second kappa shape index (κ2) is 4.15. The molecule has 2 aromatic carbocycles. The standard InChI is InChI=1S/C14H11N5/c1-19-12-5-3-2-4-10(12)14(15)11-7-6-9(17-18-16)8-13(11)19/h2-8,15H,1H3. The van der Waals surface area contributed by atoms with E-state index in [2.05, 4.69) is 10.0 Å². The topological polar surface area (TPSA) is 77.5 Å². The van der Waals surface area contributed by atoms with Gasteiger partial charge in [0.15, 0.2) is 0 Å². The highest BCUT2D eigenvalue weighted by molar-refractivity contribution is 5.93. The highest BCUT2D eigenvalue weighted by Gasteiger charge is 2.06. The maximum absolute atomic E-state index is 8.50. The zero-order valence-corrected chi connectivity index (χ0v) is 10.3. The molecule has 1 aromatic heterocycles. The van der Waals surface area contributed by atoms with Crippen molar-refractivity contribution >= 4 is 27.5 Å². The summed E-state index contributed by atoms with van der Waals surface area (Å²) in [5, 5.41) is 14.2. The number of benzene rings is 2. The number of pyridine rings is 1. The minimum atomic E-state index is 0.496. The van der Waals surface area contributed by atoms with Gasteiger partial charge in [0.1, 0.15) is 0 Å². The number of nitrogens with one attached hydrogen (secondary N) is 1. The van der Waals surface area contributed by atoms with Gasteiger partial charge in [-0.25, -0.2) is 0 Å². The fourth-order valence-corrected chi connectivity index (χ4v) is 2.38. The summed E-state index contributed by atoms with van der Waals surface area (Å²) in [6.07, 6.45) is 0. The zero-order valence-electron chi connectivity index (χ0n) is 10.3. The second-order valence-corrected chi connectivity index (χ2v) is 4.34. The molecule has 1 heterocycles. The summed E-state index contributed by atoms with van der Waals surface area (Å²) in [6, 6.07) is 13.2. The molecule has 0 fully saturated rings. The van der Waals surface area contributed by atoms with Crippen molar-refractivity contribution in [3.8, 4) is 0 Å². The number of aromatic nitrogens is 1. The summed E-state index contributed by atoms with van der Waals surface area (Å²) < 4.78 is 2.01. The predicted octanol–water partition coefficient (Wildman–Crippen LogP) is 3.75. The van der Waals surface area contributed by atoms with Crippen LogP contribution < -0.4 is 5.36 Å². The van der Waals surface area contributed by atoms with Crippen LogP contribution in [0.4, 0.5) is 5.69 Å². The van der Waals surface area contributed by atoms with Crippen molar-refractivity contribution in [2.24, 2.45) is 12.2 Å². The molecule has 0 saturated heterocycles. The van der Waals surface area contributed by atoms with Crippen LogP contribution in [0.15, 0.2) is 47.6 Å². The number of azide groups is 1. The molecule has 0 amide bonds. The quantitative estimate of drug-likeness (QED) is 0.295. The number of hydrogen-bond donors (Lipinski definition) is 1. The van der Waals surface area contributed by atoms with Crippen LogP contribution in [0, 0.1) is 5.41 Å². The molecule has 0 unspecified atom stereocenters. The van der Waals surface area contributed by atoms with E-state index in [1.54, 1.807) is 12.1 Å². The zero-order chi connectivity index (χ0) is 13.4. The van der Waals surface area contributed by atoms with Gasteiger partial charge in [-0.05, 0) is 17.7 Å². The lowest BCUT2D eigenvalue weighted by Gasteiger charge is -2.11. The number of aryl methyl sites for hydroxylation is 1. The maximum Gasteiger partial charge on any atom is 0.0726 e. The molecule has 5 nitrogen and oxygen atoms in total. The van der Waals surface area contributed by atoms with E-state index in [9.17, 15) is 0 Å². The average Bonchev–Trinajstić information content (AvgIpc) is 2.45. The van der Waals surface area contributed by atoms with Crippen LogP contribution in [-0.2, 0) is 7.05 Å². The van der Waals surface area contributed by atoms with E-state index < -0.39 is 0 Å². The van der Waals surface area contributed by atoms with Gasteiger partial charge in [0.25, 0.3) is 0 Å². The Morgan fingerprint density at radius 2 is 1.84 bits per heavy atom. The van der Waals surface area contributed by atoms with Gasteiger partial charge in [-0.1, -0.05) is 35.4 Å². The van der Waals surface area contributed by atoms with E-state index in [4.69, 9.17) is 10.9 Å². The van der Waals surface area contributed by atoms with E-state index >= 15 is 0 Å². The Balaban J connectivity index is 2.56. The first-order valence-corrected chi connectivity index (χ1v) is 5.83. The molecule has 0 aliphatic heterocycles. The molecule has 0 saturated carbocycles. The fourth-order valence-electron chi connectivity index (χ4n) is 2.38. The maximum atomic E-state index is 8.50. The Hall–Kier alpha value is -2.78. The number of fused-ring (bicyclic) bond motifs is 2. The Bertz CT molecular complexity index is 901. The molecule has 0 bridgehead atoms. The molecular formula is C14H11N5. The van der Waals surface area contributed by atoms with Crippen molar-refractivity contribution in [3.63, 3.8) is 0 Å². The molecule has 1 N–H and O–H groups in total. The Labute approximate surface area is 108 Å². The van der Waals surface area contributed by atoms with Crippen LogP contribution in [0.2, 0.25) is 0 Å². The Morgan fingerprint density at radius 3 is 2.63 bits per heavy atom. The molecule has 3 rings (SSSR count). The van der Waals surface area contributed by atoms with E-state index in [1.165, 1.54) is 0 Å². The first-order chi connectivity index (χ1) is 9.22. The highest BCUT2D eigenvalue weighted by atomic mass is 15.1. The van der Waals surface area contributed by atoms with Gasteiger partial charge in [0.2, 0.25) is 0 Å². The first kappa shape index (κ1) is 11.3. The molecule has 0 radical (unpaired) electrons. The van der Waals surface area contributed by atoms with E-state index in [0.717, 1.165) is 21.8 Å². The van der Waals surface area contributed by atoms with Crippen molar-refractivity contribution in [1.82, 2.24) is 4.57 Å². The van der Waals surface area contributed by atoms with Gasteiger partial charge in [0.05, 0.1) is 16.4 Å². The van der Waals surface area contributed by atoms with Crippen molar-refractivity contribution in [1.29, 1.82) is 5.41 Å². The summed E-state index contributed by atoms with van der Waals surface area (Å²) in [5.74, 6) is 0. The SMILES string of the molecule is Cn1c2ccccc2c(=N)c2ccc(N=[N+]=[N-])cc21. The summed E-state index contributed by atoms with van der Waals surface area (Å²) >= 11 is 0. The van der Waals surface area contributed by atoms with Crippen molar-refractivity contribution in [2.45, 2.75) is 0 Å². The molecule has 0 atom stereocenters. The molecule has 0 aliphatic rings. The van der Waals surface area contributed by atoms with Crippen molar-refractivity contribution in [2.75, 3.05) is 0 Å². The lowest BCUT2D eigenvalue weighted by molar-refractivity contribution is 0.999. The molecule has 92 valence electrons. The van der Waals surface area contributed by atoms with Crippen molar-refractivity contribution in [3.05, 3.63) is 58.3 Å². The number of nitrogens with zero attached hydrogens (tertiary/aromatic N) is 4. The molecule has 3 aromatic rings. The van der Waals surface area contributed by atoms with Gasteiger partial charge >= 0.3 is 0 Å². The van der Waals surface area contributed by atoms with Gasteiger partial charge in [0, 0.05) is 28.4 Å². The average molecular weight is 249 g/mol. The monoisotopic (exact) mass is 249 g/mol. The summed E-state index contributed by atoms with van der Waals surface area (Å²) in [4.78, 5) is 2.80. The van der Waals surface area contributed by atoms with Crippen LogP contribution in [0.1, 0.15) is 0 Å². The van der Waals surface area contributed by atoms with E-state index in [1.807, 2.05) is 41.9 Å². The Kier molecular flexibility index (Phi) is 2.47. The van der Waals surface area contributed by atoms with Gasteiger partial charge < -0.3 is 4.57 Å².